The third-order valence-corrected chi connectivity index (χ3v) is 9.67. The number of rotatable bonds is 15. The number of fused-ring (bicyclic) bond motifs is 2. The Kier molecular flexibility index (Phi) is 11.4. The number of benzene rings is 2. The monoisotopic (exact) mass is 717 g/mol. The number of amides is 1. The standard InChI is InChI=1S/C31H31Cl2F2NO10S/c1-13(30(39)40)8-18(37)19-10-15-23(34)28(25(43-3)22(33)29(15)47-19)46-7-5-6-45-26-21(32)16-11-36(20(38)9-14(2)31(41)42)12-17(16)24(35)27(26)44-4/h10,13-14H,5-9,11-12H2,1-4H3,(H,39,40)(H,41,42). The summed E-state index contributed by atoms with van der Waals surface area (Å²) < 4.78 is 53.3. The number of Topliss-reactive ketones (excluding diaryl/α,β-unsaturated/α-hetero) is 1. The van der Waals surface area contributed by atoms with Gasteiger partial charge in [0.2, 0.25) is 5.91 Å². The van der Waals surface area contributed by atoms with E-state index < -0.39 is 47.1 Å². The molecule has 4 rings (SSSR count). The third-order valence-electron chi connectivity index (χ3n) is 7.60. The molecule has 2 unspecified atom stereocenters. The maximum atomic E-state index is 15.6. The lowest BCUT2D eigenvalue weighted by molar-refractivity contribution is -0.145. The Labute approximate surface area is 281 Å². The van der Waals surface area contributed by atoms with Gasteiger partial charge in [0, 0.05) is 48.9 Å². The van der Waals surface area contributed by atoms with E-state index in [4.69, 9.17) is 52.4 Å². The van der Waals surface area contributed by atoms with Crippen LogP contribution in [0.15, 0.2) is 6.07 Å². The van der Waals surface area contributed by atoms with Crippen LogP contribution in [0, 0.1) is 23.5 Å². The number of carbonyl (C=O) groups excluding carboxylic acids is 2. The Bertz CT molecular complexity index is 1750. The first-order valence-electron chi connectivity index (χ1n) is 14.3. The zero-order chi connectivity index (χ0) is 34.7. The molecular formula is C31H31Cl2F2NO10S. The molecule has 0 aliphatic carbocycles. The molecule has 0 saturated carbocycles. The van der Waals surface area contributed by atoms with E-state index in [2.05, 4.69) is 0 Å². The quantitative estimate of drug-likeness (QED) is 0.130. The van der Waals surface area contributed by atoms with Crippen molar-refractivity contribution in [3.63, 3.8) is 0 Å². The number of carbonyl (C=O) groups is 4. The summed E-state index contributed by atoms with van der Waals surface area (Å²) in [6, 6.07) is 1.30. The van der Waals surface area contributed by atoms with Gasteiger partial charge in [0.25, 0.3) is 0 Å². The van der Waals surface area contributed by atoms with Crippen LogP contribution in [-0.2, 0) is 27.5 Å². The number of nitrogens with zero attached hydrogens (tertiary/aromatic N) is 1. The molecule has 0 saturated heterocycles. The SMILES string of the molecule is COc1c(F)c2c(c(Cl)c1OCCCOc1c(OC)c(Cl)c3sc(C(=O)CC(C)C(=O)O)cc3c1F)CN(C(=O)CC(C)C(=O)O)C2. The van der Waals surface area contributed by atoms with Gasteiger partial charge in [-0.3, -0.25) is 19.2 Å². The number of hydrogen-bond donors (Lipinski definition) is 2. The number of halogens is 4. The lowest BCUT2D eigenvalue weighted by Crippen LogP contribution is -2.28. The molecule has 1 aromatic heterocycles. The van der Waals surface area contributed by atoms with E-state index in [-0.39, 0.29) is 99.1 Å². The summed E-state index contributed by atoms with van der Waals surface area (Å²) in [6.07, 6.45) is -0.383. The summed E-state index contributed by atoms with van der Waals surface area (Å²) in [5, 5.41) is 18.3. The van der Waals surface area contributed by atoms with Crippen LogP contribution in [0.4, 0.5) is 8.78 Å². The number of carboxylic acids is 2. The predicted molar refractivity (Wildman–Crippen MR) is 168 cm³/mol. The van der Waals surface area contributed by atoms with Crippen molar-refractivity contribution in [3.05, 3.63) is 43.8 Å². The van der Waals surface area contributed by atoms with Crippen molar-refractivity contribution in [1.82, 2.24) is 4.90 Å². The number of carboxylic acid groups (broad SMARTS) is 2. The van der Waals surface area contributed by atoms with Crippen LogP contribution in [0.2, 0.25) is 10.0 Å². The summed E-state index contributed by atoms with van der Waals surface area (Å²) in [5.74, 6) is -7.40. The fourth-order valence-electron chi connectivity index (χ4n) is 4.94. The van der Waals surface area contributed by atoms with Gasteiger partial charge in [0.15, 0.2) is 40.4 Å². The summed E-state index contributed by atoms with van der Waals surface area (Å²) in [6.45, 7) is 2.45. The largest absolute Gasteiger partial charge is 0.491 e. The van der Waals surface area contributed by atoms with E-state index in [1.54, 1.807) is 0 Å². The minimum atomic E-state index is -1.13. The number of hydrogen-bond acceptors (Lipinski definition) is 9. The van der Waals surface area contributed by atoms with Gasteiger partial charge in [-0.05, 0) is 6.07 Å². The molecule has 16 heteroatoms. The Balaban J connectivity index is 1.46. The Morgan fingerprint density at radius 3 is 2.02 bits per heavy atom. The Morgan fingerprint density at radius 1 is 0.851 bits per heavy atom. The molecule has 254 valence electrons. The highest BCUT2D eigenvalue weighted by Gasteiger charge is 2.34. The Hall–Kier alpha value is -3.88. The zero-order valence-electron chi connectivity index (χ0n) is 25.7. The fraction of sp³-hybridized carbons (Fsp3) is 0.419. The van der Waals surface area contributed by atoms with Gasteiger partial charge in [0.05, 0.1) is 53.9 Å². The molecule has 1 amide bonds. The number of ether oxygens (including phenoxy) is 4. The molecule has 47 heavy (non-hydrogen) atoms. The minimum absolute atomic E-state index is 0.00783. The lowest BCUT2D eigenvalue weighted by Gasteiger charge is -2.17. The highest BCUT2D eigenvalue weighted by atomic mass is 35.5. The van der Waals surface area contributed by atoms with Crippen LogP contribution in [0.25, 0.3) is 10.1 Å². The molecule has 1 aliphatic heterocycles. The second kappa shape index (κ2) is 14.9. The second-order valence-electron chi connectivity index (χ2n) is 10.9. The van der Waals surface area contributed by atoms with E-state index in [0.717, 1.165) is 11.3 Å². The van der Waals surface area contributed by atoms with Crippen molar-refractivity contribution < 1.29 is 57.1 Å². The Morgan fingerprint density at radius 2 is 1.43 bits per heavy atom. The van der Waals surface area contributed by atoms with E-state index in [9.17, 15) is 19.2 Å². The highest BCUT2D eigenvalue weighted by molar-refractivity contribution is 7.21. The molecule has 2 aromatic carbocycles. The van der Waals surface area contributed by atoms with Gasteiger partial charge >= 0.3 is 11.9 Å². The van der Waals surface area contributed by atoms with Gasteiger partial charge in [-0.25, -0.2) is 8.78 Å². The van der Waals surface area contributed by atoms with Crippen LogP contribution >= 0.6 is 34.5 Å². The summed E-state index contributed by atoms with van der Waals surface area (Å²) in [4.78, 5) is 49.1. The molecule has 2 atom stereocenters. The lowest BCUT2D eigenvalue weighted by atomic mass is 10.0. The van der Waals surface area contributed by atoms with E-state index >= 15 is 8.78 Å². The minimum Gasteiger partial charge on any atom is -0.491 e. The number of thiophene rings is 1. The number of methoxy groups -OCH3 is 2. The first-order valence-corrected chi connectivity index (χ1v) is 15.9. The summed E-state index contributed by atoms with van der Waals surface area (Å²) in [5.41, 5.74) is 0.455. The molecule has 0 radical (unpaired) electrons. The third kappa shape index (κ3) is 7.34. The van der Waals surface area contributed by atoms with E-state index in [0.29, 0.717) is 5.56 Å². The average Bonchev–Trinajstić information content (AvgIpc) is 3.68. The molecule has 2 N–H and O–H groups in total. The fourth-order valence-corrected chi connectivity index (χ4v) is 6.66. The molecule has 11 nitrogen and oxygen atoms in total. The van der Waals surface area contributed by atoms with Crippen LogP contribution in [-0.4, -0.2) is 66.2 Å². The van der Waals surface area contributed by atoms with Gasteiger partial charge in [-0.2, -0.15) is 0 Å². The molecular weight excluding hydrogens is 687 g/mol. The van der Waals surface area contributed by atoms with Crippen molar-refractivity contribution in [2.75, 3.05) is 27.4 Å². The summed E-state index contributed by atoms with van der Waals surface area (Å²) in [7, 11) is 2.50. The second-order valence-corrected chi connectivity index (χ2v) is 12.7. The molecule has 2 heterocycles. The van der Waals surface area contributed by atoms with Gasteiger partial charge in [-0.1, -0.05) is 37.0 Å². The maximum absolute atomic E-state index is 15.6. The van der Waals surface area contributed by atoms with Crippen molar-refractivity contribution in [3.8, 4) is 23.0 Å². The van der Waals surface area contributed by atoms with Gasteiger partial charge < -0.3 is 34.1 Å². The van der Waals surface area contributed by atoms with Crippen molar-refractivity contribution in [2.24, 2.45) is 11.8 Å². The van der Waals surface area contributed by atoms with Crippen LogP contribution < -0.4 is 18.9 Å². The van der Waals surface area contributed by atoms with Crippen LogP contribution in [0.3, 0.4) is 0 Å². The van der Waals surface area contributed by atoms with Crippen LogP contribution in [0.1, 0.15) is 53.9 Å². The molecule has 3 aromatic rings. The number of ketones is 1. The first kappa shape index (κ1) is 36.0. The average molecular weight is 719 g/mol. The summed E-state index contributed by atoms with van der Waals surface area (Å²) >= 11 is 14.0. The van der Waals surface area contributed by atoms with Gasteiger partial charge in [0.1, 0.15) is 5.02 Å². The first-order chi connectivity index (χ1) is 22.2. The topological polar surface area (TPSA) is 149 Å². The van der Waals surface area contributed by atoms with Gasteiger partial charge in [-0.15, -0.1) is 11.3 Å². The van der Waals surface area contributed by atoms with Crippen molar-refractivity contribution >= 4 is 68.3 Å². The van der Waals surface area contributed by atoms with Crippen molar-refractivity contribution in [2.45, 2.75) is 46.2 Å². The molecule has 0 spiro atoms. The van der Waals surface area contributed by atoms with E-state index in [1.165, 1.54) is 39.0 Å². The maximum Gasteiger partial charge on any atom is 0.306 e. The molecule has 0 bridgehead atoms. The van der Waals surface area contributed by atoms with Crippen LogP contribution in [0.5, 0.6) is 23.0 Å². The highest BCUT2D eigenvalue weighted by Crippen LogP contribution is 2.48. The molecule has 0 fully saturated rings. The molecule has 1 aliphatic rings. The number of aliphatic carboxylic acids is 2. The van der Waals surface area contributed by atoms with Crippen molar-refractivity contribution in [1.29, 1.82) is 0 Å². The zero-order valence-corrected chi connectivity index (χ0v) is 28.0. The smallest absolute Gasteiger partial charge is 0.306 e. The predicted octanol–water partition coefficient (Wildman–Crippen LogP) is 6.60. The van der Waals surface area contributed by atoms with E-state index in [1.807, 2.05) is 0 Å². The normalized spacial score (nSPS) is 13.7.